The molecule has 0 bridgehead atoms. The standard InChI is InChI=1S/C21H38N2O3S/c1-3-4-5-6-7-8-9-10-11-12-19-26-20-13-15-21(16-14-20)27(24,25)23-18-17-22-2/h13-16,22-23H,3-12,17-19H2,1-2H3. The summed E-state index contributed by atoms with van der Waals surface area (Å²) < 4.78 is 32.5. The minimum atomic E-state index is -3.44. The number of benzene rings is 1. The van der Waals surface area contributed by atoms with Crippen LogP contribution in [-0.2, 0) is 10.0 Å². The van der Waals surface area contributed by atoms with Crippen LogP contribution >= 0.6 is 0 Å². The molecule has 0 amide bonds. The first kappa shape index (κ1) is 23.9. The topological polar surface area (TPSA) is 67.4 Å². The summed E-state index contributed by atoms with van der Waals surface area (Å²) in [6, 6.07) is 6.64. The molecule has 0 atom stereocenters. The number of hydrogen-bond donors (Lipinski definition) is 2. The number of nitrogens with one attached hydrogen (secondary N) is 2. The molecule has 1 aromatic rings. The van der Waals surface area contributed by atoms with Crippen molar-refractivity contribution in [2.45, 2.75) is 76.0 Å². The van der Waals surface area contributed by atoms with E-state index in [9.17, 15) is 8.42 Å². The van der Waals surface area contributed by atoms with E-state index in [1.165, 1.54) is 57.8 Å². The number of sulfonamides is 1. The molecule has 6 heteroatoms. The van der Waals surface area contributed by atoms with Gasteiger partial charge in [0.05, 0.1) is 11.5 Å². The molecular formula is C21H38N2O3S. The maximum Gasteiger partial charge on any atom is 0.240 e. The highest BCUT2D eigenvalue weighted by Crippen LogP contribution is 2.16. The second-order valence-electron chi connectivity index (χ2n) is 7.00. The first-order chi connectivity index (χ1) is 13.1. The number of likely N-dealkylation sites (N-methyl/N-ethyl adjacent to an activating group) is 1. The van der Waals surface area contributed by atoms with Crippen molar-refractivity contribution in [2.75, 3.05) is 26.7 Å². The smallest absolute Gasteiger partial charge is 0.240 e. The van der Waals surface area contributed by atoms with Crippen molar-refractivity contribution in [3.8, 4) is 5.75 Å². The van der Waals surface area contributed by atoms with Gasteiger partial charge in [-0.25, -0.2) is 13.1 Å². The normalized spacial score (nSPS) is 11.6. The zero-order valence-corrected chi connectivity index (χ0v) is 18.0. The van der Waals surface area contributed by atoms with Crippen LogP contribution in [-0.4, -0.2) is 35.2 Å². The molecule has 5 nitrogen and oxygen atoms in total. The van der Waals surface area contributed by atoms with Crippen LogP contribution in [0.2, 0.25) is 0 Å². The molecule has 156 valence electrons. The van der Waals surface area contributed by atoms with Crippen LogP contribution in [0, 0.1) is 0 Å². The molecule has 2 N–H and O–H groups in total. The molecule has 0 heterocycles. The SMILES string of the molecule is CCCCCCCCCCCCOc1ccc(S(=O)(=O)NCCNC)cc1. The third kappa shape index (κ3) is 11.4. The van der Waals surface area contributed by atoms with Gasteiger partial charge < -0.3 is 10.1 Å². The average Bonchev–Trinajstić information content (AvgIpc) is 2.66. The van der Waals surface area contributed by atoms with Gasteiger partial charge in [0.1, 0.15) is 5.75 Å². The lowest BCUT2D eigenvalue weighted by Gasteiger charge is -2.09. The molecule has 0 aromatic heterocycles. The number of ether oxygens (including phenoxy) is 1. The number of hydrogen-bond acceptors (Lipinski definition) is 4. The van der Waals surface area contributed by atoms with Gasteiger partial charge in [0, 0.05) is 13.1 Å². The molecule has 0 saturated carbocycles. The maximum atomic E-state index is 12.1. The van der Waals surface area contributed by atoms with E-state index in [1.807, 2.05) is 0 Å². The monoisotopic (exact) mass is 398 g/mol. The molecule has 0 aliphatic carbocycles. The van der Waals surface area contributed by atoms with Crippen molar-refractivity contribution >= 4 is 10.0 Å². The average molecular weight is 399 g/mol. The molecule has 1 rings (SSSR count). The highest BCUT2D eigenvalue weighted by molar-refractivity contribution is 7.89. The van der Waals surface area contributed by atoms with Gasteiger partial charge in [-0.2, -0.15) is 0 Å². The zero-order valence-electron chi connectivity index (χ0n) is 17.1. The van der Waals surface area contributed by atoms with E-state index in [4.69, 9.17) is 4.74 Å². The minimum absolute atomic E-state index is 0.268. The zero-order chi connectivity index (χ0) is 19.8. The lowest BCUT2D eigenvalue weighted by molar-refractivity contribution is 0.304. The fourth-order valence-electron chi connectivity index (χ4n) is 2.89. The second kappa shape index (κ2) is 14.9. The van der Waals surface area contributed by atoms with Crippen LogP contribution in [0.25, 0.3) is 0 Å². The summed E-state index contributed by atoms with van der Waals surface area (Å²) in [4.78, 5) is 0.268. The predicted molar refractivity (Wildman–Crippen MR) is 113 cm³/mol. The Bertz CT molecular complexity index is 574. The summed E-state index contributed by atoms with van der Waals surface area (Å²) in [5.74, 6) is 0.722. The van der Waals surface area contributed by atoms with Crippen LogP contribution in [0.15, 0.2) is 29.2 Å². The van der Waals surface area contributed by atoms with Gasteiger partial charge >= 0.3 is 0 Å². The van der Waals surface area contributed by atoms with E-state index in [-0.39, 0.29) is 4.90 Å². The molecule has 0 saturated heterocycles. The van der Waals surface area contributed by atoms with Gasteiger partial charge in [0.2, 0.25) is 10.0 Å². The number of unbranched alkanes of at least 4 members (excludes halogenated alkanes) is 9. The Kier molecular flexibility index (Phi) is 13.2. The van der Waals surface area contributed by atoms with Gasteiger partial charge in [-0.1, -0.05) is 64.7 Å². The maximum absolute atomic E-state index is 12.1. The van der Waals surface area contributed by atoms with Crippen molar-refractivity contribution in [2.24, 2.45) is 0 Å². The second-order valence-corrected chi connectivity index (χ2v) is 8.77. The molecule has 0 unspecified atom stereocenters. The van der Waals surface area contributed by atoms with Gasteiger partial charge in [0.25, 0.3) is 0 Å². The Labute approximate surface area is 166 Å². The lowest BCUT2D eigenvalue weighted by Crippen LogP contribution is -2.30. The first-order valence-corrected chi connectivity index (χ1v) is 12.0. The molecule has 27 heavy (non-hydrogen) atoms. The van der Waals surface area contributed by atoms with Crippen LogP contribution < -0.4 is 14.8 Å². The molecular weight excluding hydrogens is 360 g/mol. The Morgan fingerprint density at radius 1 is 0.815 bits per heavy atom. The summed E-state index contributed by atoms with van der Waals surface area (Å²) in [5.41, 5.74) is 0. The summed E-state index contributed by atoms with van der Waals surface area (Å²) in [5, 5.41) is 2.91. The lowest BCUT2D eigenvalue weighted by atomic mass is 10.1. The predicted octanol–water partition coefficient (Wildman–Crippen LogP) is 4.48. The van der Waals surface area contributed by atoms with Crippen LogP contribution in [0.4, 0.5) is 0 Å². The van der Waals surface area contributed by atoms with Crippen molar-refractivity contribution < 1.29 is 13.2 Å². The summed E-state index contributed by atoms with van der Waals surface area (Å²) in [6.07, 6.45) is 13.0. The van der Waals surface area contributed by atoms with Crippen molar-refractivity contribution in [3.63, 3.8) is 0 Å². The largest absolute Gasteiger partial charge is 0.494 e. The van der Waals surface area contributed by atoms with Crippen molar-refractivity contribution in [1.29, 1.82) is 0 Å². The fourth-order valence-corrected chi connectivity index (χ4v) is 3.92. The van der Waals surface area contributed by atoms with E-state index in [0.29, 0.717) is 19.7 Å². The third-order valence-electron chi connectivity index (χ3n) is 4.57. The highest BCUT2D eigenvalue weighted by atomic mass is 32.2. The molecule has 0 spiro atoms. The van der Waals surface area contributed by atoms with Gasteiger partial charge in [-0.15, -0.1) is 0 Å². The fraction of sp³-hybridized carbons (Fsp3) is 0.714. The first-order valence-electron chi connectivity index (χ1n) is 10.5. The summed E-state index contributed by atoms with van der Waals surface area (Å²) in [7, 11) is -1.65. The third-order valence-corrected chi connectivity index (χ3v) is 6.04. The minimum Gasteiger partial charge on any atom is -0.494 e. The summed E-state index contributed by atoms with van der Waals surface area (Å²) >= 11 is 0. The van der Waals surface area contributed by atoms with Crippen LogP contribution in [0.5, 0.6) is 5.75 Å². The van der Waals surface area contributed by atoms with Crippen molar-refractivity contribution in [1.82, 2.24) is 10.0 Å². The summed E-state index contributed by atoms with van der Waals surface area (Å²) in [6.45, 7) is 3.90. The Morgan fingerprint density at radius 3 is 1.93 bits per heavy atom. The van der Waals surface area contributed by atoms with Gasteiger partial charge in [-0.05, 0) is 37.7 Å². The van der Waals surface area contributed by atoms with Gasteiger partial charge in [-0.3, -0.25) is 0 Å². The molecule has 0 radical (unpaired) electrons. The Hall–Kier alpha value is -1.11. The van der Waals surface area contributed by atoms with E-state index in [2.05, 4.69) is 17.0 Å². The molecule has 0 aliphatic heterocycles. The Morgan fingerprint density at radius 2 is 1.37 bits per heavy atom. The number of rotatable bonds is 17. The van der Waals surface area contributed by atoms with E-state index >= 15 is 0 Å². The highest BCUT2D eigenvalue weighted by Gasteiger charge is 2.12. The van der Waals surface area contributed by atoms with Crippen molar-refractivity contribution in [3.05, 3.63) is 24.3 Å². The van der Waals surface area contributed by atoms with E-state index in [0.717, 1.165) is 12.2 Å². The quantitative estimate of drug-likeness (QED) is 0.380. The van der Waals surface area contributed by atoms with Gasteiger partial charge in [0.15, 0.2) is 0 Å². The molecule has 0 fully saturated rings. The van der Waals surface area contributed by atoms with Crippen LogP contribution in [0.3, 0.4) is 0 Å². The Balaban J connectivity index is 2.12. The van der Waals surface area contributed by atoms with E-state index in [1.54, 1.807) is 31.3 Å². The van der Waals surface area contributed by atoms with Crippen LogP contribution in [0.1, 0.15) is 71.1 Å². The molecule has 1 aromatic carbocycles. The molecule has 0 aliphatic rings. The van der Waals surface area contributed by atoms with E-state index < -0.39 is 10.0 Å².